The molecule has 7 rings (SSSR count). The number of ether oxygens (including phenoxy) is 3. The lowest BCUT2D eigenvalue weighted by Crippen LogP contribution is -2.43. The summed E-state index contributed by atoms with van der Waals surface area (Å²) in [6, 6.07) is 1.72. The fraction of sp³-hybridized carbons (Fsp3) is 0.407. The van der Waals surface area contributed by atoms with E-state index in [2.05, 4.69) is 15.0 Å². The zero-order chi connectivity index (χ0) is 28.5. The van der Waals surface area contributed by atoms with E-state index in [0.717, 1.165) is 17.5 Å². The normalized spacial score (nSPS) is 21.7. The molecular weight excluding hydrogens is 564 g/mol. The highest BCUT2D eigenvalue weighted by Gasteiger charge is 2.72. The van der Waals surface area contributed by atoms with E-state index >= 15 is 4.39 Å². The van der Waals surface area contributed by atoms with Gasteiger partial charge in [-0.2, -0.15) is 10.2 Å². The van der Waals surface area contributed by atoms with E-state index in [1.54, 1.807) is 0 Å². The van der Waals surface area contributed by atoms with Crippen molar-refractivity contribution in [1.82, 2.24) is 19.9 Å². The summed E-state index contributed by atoms with van der Waals surface area (Å²) in [7, 11) is 0. The maximum Gasteiger partial charge on any atom is 0.317 e. The molecule has 2 N–H and O–H groups in total. The Balaban J connectivity index is 1.30. The molecule has 5 heterocycles. The van der Waals surface area contributed by atoms with Gasteiger partial charge in [0.15, 0.2) is 11.6 Å². The molecule has 212 valence electrons. The minimum atomic E-state index is -2.90. The molecule has 2 aliphatic heterocycles. The second-order valence-corrected chi connectivity index (χ2v) is 11.6. The second-order valence-electron chi connectivity index (χ2n) is 10.5. The molecule has 0 amide bonds. The fourth-order valence-corrected chi connectivity index (χ4v) is 6.67. The number of aromatic nitrogens is 3. The molecule has 0 spiro atoms. The van der Waals surface area contributed by atoms with E-state index in [-0.39, 0.29) is 76.2 Å². The first-order valence-corrected chi connectivity index (χ1v) is 13.7. The number of benzene rings is 1. The van der Waals surface area contributed by atoms with Crippen LogP contribution in [0.4, 0.5) is 22.6 Å². The Morgan fingerprint density at radius 2 is 1.88 bits per heavy atom. The number of halogens is 4. The van der Waals surface area contributed by atoms with Crippen LogP contribution in [0.25, 0.3) is 32.2 Å². The number of nitrogens with zero attached hydrogens (tertiary/aromatic N) is 5. The van der Waals surface area contributed by atoms with Gasteiger partial charge in [0.2, 0.25) is 0 Å². The number of nitrogens with two attached hydrogens (primary N) is 1. The highest BCUT2D eigenvalue weighted by Crippen LogP contribution is 2.61. The standard InChI is InChI=1S/C27H22F4N6O3S/c28-17-7-34-22(19-13(5-32)24(33)41-23(17)19)18-16-9-39-8-15(16)14-6-35-25(36-21(14)20(18)29)40-12-26(10-27(26,30)31)11-37-1-3-38-4-2-37/h6-7H,1-4,8-12,33H2. The van der Waals surface area contributed by atoms with Crippen molar-refractivity contribution in [2.45, 2.75) is 25.6 Å². The van der Waals surface area contributed by atoms with Gasteiger partial charge in [0.1, 0.15) is 23.2 Å². The highest BCUT2D eigenvalue weighted by molar-refractivity contribution is 7.23. The molecule has 1 saturated heterocycles. The Morgan fingerprint density at radius 1 is 1.12 bits per heavy atom. The van der Waals surface area contributed by atoms with Crippen molar-refractivity contribution in [3.63, 3.8) is 0 Å². The van der Waals surface area contributed by atoms with Crippen molar-refractivity contribution in [1.29, 1.82) is 5.26 Å². The largest absolute Gasteiger partial charge is 0.463 e. The number of anilines is 1. The summed E-state index contributed by atoms with van der Waals surface area (Å²) in [5.74, 6) is -4.39. The van der Waals surface area contributed by atoms with Crippen molar-refractivity contribution in [3.05, 3.63) is 40.7 Å². The lowest BCUT2D eigenvalue weighted by molar-refractivity contribution is -0.0101. The van der Waals surface area contributed by atoms with Crippen LogP contribution in [0.5, 0.6) is 6.01 Å². The number of rotatable bonds is 6. The van der Waals surface area contributed by atoms with Crippen molar-refractivity contribution in [2.24, 2.45) is 5.41 Å². The van der Waals surface area contributed by atoms with Crippen LogP contribution in [0.2, 0.25) is 0 Å². The maximum atomic E-state index is 16.4. The van der Waals surface area contributed by atoms with E-state index in [9.17, 15) is 18.4 Å². The van der Waals surface area contributed by atoms with Crippen molar-refractivity contribution >= 4 is 37.3 Å². The average Bonchev–Trinajstić information content (AvgIpc) is 3.29. The smallest absolute Gasteiger partial charge is 0.317 e. The molecule has 0 bridgehead atoms. The maximum absolute atomic E-state index is 16.4. The van der Waals surface area contributed by atoms with Crippen molar-refractivity contribution < 1.29 is 31.8 Å². The minimum Gasteiger partial charge on any atom is -0.463 e. The first kappa shape index (κ1) is 26.3. The monoisotopic (exact) mass is 586 g/mol. The first-order chi connectivity index (χ1) is 19.7. The third kappa shape index (κ3) is 4.10. The van der Waals surface area contributed by atoms with Gasteiger partial charge < -0.3 is 19.9 Å². The second kappa shape index (κ2) is 9.45. The Labute approximate surface area is 234 Å². The molecule has 1 atom stereocenters. The topological polar surface area (TPSA) is 119 Å². The molecule has 3 aliphatic rings. The Kier molecular flexibility index (Phi) is 6.06. The SMILES string of the molecule is N#Cc1c(N)sc2c(F)cnc(-c3c4c(c5cnc(OCC6(CN7CCOCC7)CC6(F)F)nc5c3F)COC4)c12. The zero-order valence-electron chi connectivity index (χ0n) is 21.5. The van der Waals surface area contributed by atoms with Crippen LogP contribution in [0.15, 0.2) is 12.4 Å². The molecule has 9 nitrogen and oxygen atoms in total. The molecule has 1 saturated carbocycles. The quantitative estimate of drug-likeness (QED) is 0.328. The Morgan fingerprint density at radius 3 is 2.61 bits per heavy atom. The fourth-order valence-electron chi connectivity index (χ4n) is 5.75. The van der Waals surface area contributed by atoms with E-state index < -0.39 is 23.0 Å². The summed E-state index contributed by atoms with van der Waals surface area (Å²) < 4.78 is 76.8. The summed E-state index contributed by atoms with van der Waals surface area (Å²) in [5.41, 5.74) is 5.59. The summed E-state index contributed by atoms with van der Waals surface area (Å²) in [5, 5.41) is 10.3. The summed E-state index contributed by atoms with van der Waals surface area (Å²) in [6.07, 6.45) is 2.01. The minimum absolute atomic E-state index is 0.00167. The first-order valence-electron chi connectivity index (χ1n) is 12.9. The number of fused-ring (bicyclic) bond motifs is 4. The Bertz CT molecular complexity index is 1770. The molecule has 1 aromatic carbocycles. The Hall–Kier alpha value is -3.64. The number of hydrogen-bond acceptors (Lipinski definition) is 10. The van der Waals surface area contributed by atoms with Gasteiger partial charge in [-0.3, -0.25) is 9.88 Å². The van der Waals surface area contributed by atoms with Gasteiger partial charge in [-0.05, 0) is 11.1 Å². The number of nitriles is 1. The van der Waals surface area contributed by atoms with Gasteiger partial charge in [-0.1, -0.05) is 0 Å². The highest BCUT2D eigenvalue weighted by atomic mass is 32.1. The van der Waals surface area contributed by atoms with Gasteiger partial charge in [-0.15, -0.1) is 11.3 Å². The molecule has 0 radical (unpaired) electrons. The average molecular weight is 587 g/mol. The molecule has 4 aromatic rings. The predicted octanol–water partition coefficient (Wildman–Crippen LogP) is 4.41. The van der Waals surface area contributed by atoms with Crippen LogP contribution in [-0.4, -0.2) is 65.2 Å². The van der Waals surface area contributed by atoms with Gasteiger partial charge in [-0.25, -0.2) is 22.5 Å². The molecule has 41 heavy (non-hydrogen) atoms. The van der Waals surface area contributed by atoms with Crippen LogP contribution < -0.4 is 10.5 Å². The van der Waals surface area contributed by atoms with Crippen molar-refractivity contribution in [3.8, 4) is 23.3 Å². The van der Waals surface area contributed by atoms with Gasteiger partial charge in [0, 0.05) is 48.6 Å². The van der Waals surface area contributed by atoms with Gasteiger partial charge in [0.05, 0.1) is 54.0 Å². The zero-order valence-corrected chi connectivity index (χ0v) is 22.3. The van der Waals surface area contributed by atoms with Crippen LogP contribution >= 0.6 is 11.3 Å². The number of morpholine rings is 1. The third-order valence-electron chi connectivity index (χ3n) is 8.04. The van der Waals surface area contributed by atoms with E-state index in [0.29, 0.717) is 42.8 Å². The molecule has 1 aliphatic carbocycles. The molecule has 1 unspecified atom stereocenters. The van der Waals surface area contributed by atoms with Crippen LogP contribution in [0, 0.1) is 28.4 Å². The van der Waals surface area contributed by atoms with E-state index in [1.165, 1.54) is 6.20 Å². The third-order valence-corrected chi connectivity index (χ3v) is 9.07. The van der Waals surface area contributed by atoms with E-state index in [1.807, 2.05) is 11.0 Å². The summed E-state index contributed by atoms with van der Waals surface area (Å²) in [4.78, 5) is 14.6. The van der Waals surface area contributed by atoms with Gasteiger partial charge >= 0.3 is 6.01 Å². The number of alkyl halides is 2. The van der Waals surface area contributed by atoms with Crippen LogP contribution in [0.1, 0.15) is 23.1 Å². The van der Waals surface area contributed by atoms with Crippen LogP contribution in [-0.2, 0) is 22.7 Å². The number of nitrogen functional groups attached to an aromatic ring is 1. The predicted molar refractivity (Wildman–Crippen MR) is 140 cm³/mol. The molecule has 14 heteroatoms. The lowest BCUT2D eigenvalue weighted by Gasteiger charge is -2.30. The van der Waals surface area contributed by atoms with E-state index in [4.69, 9.17) is 19.9 Å². The molecular formula is C27H22F4N6O3S. The number of thiophene rings is 1. The summed E-state index contributed by atoms with van der Waals surface area (Å²) in [6.45, 7) is 2.06. The van der Waals surface area contributed by atoms with Crippen molar-refractivity contribution in [2.75, 3.05) is 45.2 Å². The van der Waals surface area contributed by atoms with Crippen LogP contribution in [0.3, 0.4) is 0 Å². The molecule has 2 fully saturated rings. The summed E-state index contributed by atoms with van der Waals surface area (Å²) >= 11 is 0.880. The molecule has 3 aromatic heterocycles. The number of hydrogen-bond donors (Lipinski definition) is 1. The number of pyridine rings is 1. The van der Waals surface area contributed by atoms with Gasteiger partial charge in [0.25, 0.3) is 5.92 Å². The lowest BCUT2D eigenvalue weighted by atomic mass is 9.94.